The van der Waals surface area contributed by atoms with Gasteiger partial charge in [-0.1, -0.05) is 35.0 Å². The highest BCUT2D eigenvalue weighted by Crippen LogP contribution is 2.23. The predicted molar refractivity (Wildman–Crippen MR) is 75.5 cm³/mol. The second-order valence-corrected chi connectivity index (χ2v) is 4.54. The van der Waals surface area contributed by atoms with Gasteiger partial charge in [0, 0.05) is 25.8 Å². The number of ether oxygens (including phenoxy) is 1. The Bertz CT molecular complexity index is 561. The summed E-state index contributed by atoms with van der Waals surface area (Å²) in [6.07, 6.45) is 2.22. The van der Waals surface area contributed by atoms with Crippen molar-refractivity contribution in [3.63, 3.8) is 0 Å². The summed E-state index contributed by atoms with van der Waals surface area (Å²) in [5, 5.41) is 6.55. The Labute approximate surface area is 117 Å². The highest BCUT2D eigenvalue weighted by atomic mass is 16.5. The van der Waals surface area contributed by atoms with Crippen LogP contribution in [0, 0.1) is 6.92 Å². The third kappa shape index (κ3) is 3.45. The minimum absolute atomic E-state index is 0.182. The number of carbonyl (C=O) groups is 1. The van der Waals surface area contributed by atoms with E-state index in [0.29, 0.717) is 24.5 Å². The summed E-state index contributed by atoms with van der Waals surface area (Å²) in [5.41, 5.74) is 2.44. The molecule has 0 unspecified atom stereocenters. The first-order valence-electron chi connectivity index (χ1n) is 6.51. The lowest BCUT2D eigenvalue weighted by Gasteiger charge is -2.04. The zero-order valence-corrected chi connectivity index (χ0v) is 11.7. The summed E-state index contributed by atoms with van der Waals surface area (Å²) in [7, 11) is 1.64. The molecule has 0 fully saturated rings. The summed E-state index contributed by atoms with van der Waals surface area (Å²) < 4.78 is 10.1. The maximum absolute atomic E-state index is 12.1. The van der Waals surface area contributed by atoms with E-state index in [-0.39, 0.29) is 5.91 Å². The van der Waals surface area contributed by atoms with Gasteiger partial charge in [-0.25, -0.2) is 0 Å². The summed E-state index contributed by atoms with van der Waals surface area (Å²) in [6.45, 7) is 3.19. The average Bonchev–Trinajstić information content (AvgIpc) is 2.93. The van der Waals surface area contributed by atoms with Crippen LogP contribution in [0.3, 0.4) is 0 Å². The SMILES string of the molecule is COCCCNC(=O)c1cnoc1-c1ccc(C)cc1. The zero-order valence-electron chi connectivity index (χ0n) is 11.7. The van der Waals surface area contributed by atoms with Crippen LogP contribution in [-0.4, -0.2) is 31.3 Å². The molecule has 1 amide bonds. The number of rotatable bonds is 6. The van der Waals surface area contributed by atoms with E-state index in [4.69, 9.17) is 9.26 Å². The summed E-state index contributed by atoms with van der Waals surface area (Å²) >= 11 is 0. The van der Waals surface area contributed by atoms with E-state index in [1.807, 2.05) is 31.2 Å². The Morgan fingerprint density at radius 2 is 2.10 bits per heavy atom. The summed E-state index contributed by atoms with van der Waals surface area (Å²) in [4.78, 5) is 12.1. The topological polar surface area (TPSA) is 64.4 Å². The molecule has 0 radical (unpaired) electrons. The number of hydrogen-bond donors (Lipinski definition) is 1. The molecule has 1 aromatic heterocycles. The normalized spacial score (nSPS) is 10.5. The predicted octanol–water partition coefficient (Wildman–Crippen LogP) is 2.42. The molecular weight excluding hydrogens is 256 g/mol. The Kier molecular flexibility index (Phi) is 4.90. The van der Waals surface area contributed by atoms with Crippen LogP contribution in [0.4, 0.5) is 0 Å². The third-order valence-corrected chi connectivity index (χ3v) is 2.94. The van der Waals surface area contributed by atoms with Crippen molar-refractivity contribution in [3.05, 3.63) is 41.6 Å². The number of nitrogens with one attached hydrogen (secondary N) is 1. The van der Waals surface area contributed by atoms with Crippen molar-refractivity contribution in [2.24, 2.45) is 0 Å². The highest BCUT2D eigenvalue weighted by molar-refractivity contribution is 5.99. The van der Waals surface area contributed by atoms with Crippen molar-refractivity contribution in [1.29, 1.82) is 0 Å². The Morgan fingerprint density at radius 3 is 2.80 bits per heavy atom. The van der Waals surface area contributed by atoms with Gasteiger partial charge in [0.1, 0.15) is 5.56 Å². The first-order chi connectivity index (χ1) is 9.72. The molecule has 0 saturated carbocycles. The first kappa shape index (κ1) is 14.3. The van der Waals surface area contributed by atoms with Gasteiger partial charge in [-0.15, -0.1) is 0 Å². The van der Waals surface area contributed by atoms with Crippen molar-refractivity contribution in [2.75, 3.05) is 20.3 Å². The van der Waals surface area contributed by atoms with Gasteiger partial charge in [0.2, 0.25) is 0 Å². The maximum Gasteiger partial charge on any atom is 0.256 e. The number of aromatic nitrogens is 1. The lowest BCUT2D eigenvalue weighted by molar-refractivity contribution is 0.0949. The molecule has 2 rings (SSSR count). The Hall–Kier alpha value is -2.14. The van der Waals surface area contributed by atoms with Crippen LogP contribution in [0.2, 0.25) is 0 Å². The minimum Gasteiger partial charge on any atom is -0.385 e. The molecule has 106 valence electrons. The van der Waals surface area contributed by atoms with Crippen LogP contribution in [0.25, 0.3) is 11.3 Å². The van der Waals surface area contributed by atoms with Crippen LogP contribution in [0.5, 0.6) is 0 Å². The van der Waals surface area contributed by atoms with Gasteiger partial charge in [-0.05, 0) is 13.3 Å². The first-order valence-corrected chi connectivity index (χ1v) is 6.51. The number of aryl methyl sites for hydroxylation is 1. The van der Waals surface area contributed by atoms with Crippen LogP contribution < -0.4 is 5.32 Å². The molecular formula is C15H18N2O3. The van der Waals surface area contributed by atoms with E-state index in [1.54, 1.807) is 7.11 Å². The number of nitrogens with zero attached hydrogens (tertiary/aromatic N) is 1. The second-order valence-electron chi connectivity index (χ2n) is 4.54. The molecule has 5 nitrogen and oxygen atoms in total. The van der Waals surface area contributed by atoms with Gasteiger partial charge in [0.05, 0.1) is 6.20 Å². The van der Waals surface area contributed by atoms with Gasteiger partial charge in [0.25, 0.3) is 5.91 Å². The van der Waals surface area contributed by atoms with Crippen LogP contribution in [0.15, 0.2) is 35.0 Å². The van der Waals surface area contributed by atoms with E-state index in [9.17, 15) is 4.79 Å². The lowest BCUT2D eigenvalue weighted by atomic mass is 10.1. The zero-order chi connectivity index (χ0) is 14.4. The molecule has 0 aliphatic rings. The van der Waals surface area contributed by atoms with Crippen molar-refractivity contribution >= 4 is 5.91 Å². The van der Waals surface area contributed by atoms with Crippen molar-refractivity contribution in [3.8, 4) is 11.3 Å². The van der Waals surface area contributed by atoms with Gasteiger partial charge in [-0.2, -0.15) is 0 Å². The fourth-order valence-corrected chi connectivity index (χ4v) is 1.83. The highest BCUT2D eigenvalue weighted by Gasteiger charge is 2.17. The van der Waals surface area contributed by atoms with Gasteiger partial charge in [-0.3, -0.25) is 4.79 Å². The molecule has 1 N–H and O–H groups in total. The Balaban J connectivity index is 2.08. The Morgan fingerprint density at radius 1 is 1.35 bits per heavy atom. The fourth-order valence-electron chi connectivity index (χ4n) is 1.83. The average molecular weight is 274 g/mol. The van der Waals surface area contributed by atoms with Crippen LogP contribution in [-0.2, 0) is 4.74 Å². The smallest absolute Gasteiger partial charge is 0.256 e. The number of carbonyl (C=O) groups excluding carboxylic acids is 1. The number of benzene rings is 1. The molecule has 1 aromatic carbocycles. The van der Waals surface area contributed by atoms with E-state index >= 15 is 0 Å². The summed E-state index contributed by atoms with van der Waals surface area (Å²) in [6, 6.07) is 7.77. The number of hydrogen-bond acceptors (Lipinski definition) is 4. The van der Waals surface area contributed by atoms with Gasteiger partial charge < -0.3 is 14.6 Å². The van der Waals surface area contributed by atoms with Crippen LogP contribution in [0.1, 0.15) is 22.3 Å². The van der Waals surface area contributed by atoms with E-state index in [0.717, 1.165) is 17.5 Å². The van der Waals surface area contributed by atoms with Crippen molar-refractivity contribution in [2.45, 2.75) is 13.3 Å². The fraction of sp³-hybridized carbons (Fsp3) is 0.333. The van der Waals surface area contributed by atoms with Crippen molar-refractivity contribution in [1.82, 2.24) is 10.5 Å². The molecule has 5 heteroatoms. The van der Waals surface area contributed by atoms with E-state index < -0.39 is 0 Å². The molecule has 2 aromatic rings. The molecule has 0 saturated heterocycles. The molecule has 0 atom stereocenters. The third-order valence-electron chi connectivity index (χ3n) is 2.94. The minimum atomic E-state index is -0.182. The quantitative estimate of drug-likeness (QED) is 0.822. The largest absolute Gasteiger partial charge is 0.385 e. The summed E-state index contributed by atoms with van der Waals surface area (Å²) in [5.74, 6) is 0.312. The molecule has 0 aliphatic heterocycles. The second kappa shape index (κ2) is 6.86. The van der Waals surface area contributed by atoms with E-state index in [1.165, 1.54) is 6.20 Å². The molecule has 1 heterocycles. The molecule has 0 bridgehead atoms. The molecule has 0 spiro atoms. The maximum atomic E-state index is 12.1. The lowest BCUT2D eigenvalue weighted by Crippen LogP contribution is -2.25. The van der Waals surface area contributed by atoms with Crippen LogP contribution >= 0.6 is 0 Å². The van der Waals surface area contributed by atoms with Gasteiger partial charge in [0.15, 0.2) is 5.76 Å². The standard InChI is InChI=1S/C15H18N2O3/c1-11-4-6-12(7-5-11)14-13(10-17-20-14)15(18)16-8-3-9-19-2/h4-7,10H,3,8-9H2,1-2H3,(H,16,18). The number of methoxy groups -OCH3 is 1. The molecule has 0 aliphatic carbocycles. The van der Waals surface area contributed by atoms with E-state index in [2.05, 4.69) is 10.5 Å². The van der Waals surface area contributed by atoms with Gasteiger partial charge >= 0.3 is 0 Å². The van der Waals surface area contributed by atoms with Crippen molar-refractivity contribution < 1.29 is 14.1 Å². The monoisotopic (exact) mass is 274 g/mol. The number of amides is 1. The molecule has 20 heavy (non-hydrogen) atoms.